The number of benzene rings is 4. The van der Waals surface area contributed by atoms with Crippen LogP contribution < -0.4 is 10.4 Å². The molecule has 248 valence electrons. The van der Waals surface area contributed by atoms with Gasteiger partial charge in [-0.15, -0.1) is 45.7 Å². The van der Waals surface area contributed by atoms with Crippen molar-refractivity contribution in [2.75, 3.05) is 0 Å². The van der Waals surface area contributed by atoms with Crippen molar-refractivity contribution in [2.24, 2.45) is 0 Å². The molecule has 0 bridgehead atoms. The average Bonchev–Trinajstić information content (AvgIpc) is 3.72. The number of fused-ring (bicyclic) bond motifs is 3. The Hall–Kier alpha value is -2.58. The van der Waals surface area contributed by atoms with Crippen molar-refractivity contribution in [1.29, 1.82) is 0 Å². The van der Waals surface area contributed by atoms with Gasteiger partial charge in [-0.3, -0.25) is 6.08 Å². The van der Waals surface area contributed by atoms with E-state index in [1.165, 1.54) is 57.5 Å². The van der Waals surface area contributed by atoms with Crippen molar-refractivity contribution in [3.63, 3.8) is 0 Å². The number of aryl methyl sites for hydroxylation is 2. The molecular weight excluding hydrogens is 688 g/mol. The van der Waals surface area contributed by atoms with Gasteiger partial charge >= 0.3 is 112 Å². The Kier molecular flexibility index (Phi) is 13.8. The molecule has 0 spiro atoms. The van der Waals surface area contributed by atoms with E-state index in [1.807, 2.05) is 12.2 Å². The molecule has 0 nitrogen and oxygen atoms in total. The fourth-order valence-corrected chi connectivity index (χ4v) is 11.5. The molecule has 0 aliphatic heterocycles. The molecule has 6 rings (SSSR count). The predicted molar refractivity (Wildman–Crippen MR) is 218 cm³/mol. The fourth-order valence-electron chi connectivity index (χ4n) is 6.83. The van der Waals surface area contributed by atoms with Gasteiger partial charge < -0.3 is 0 Å². The van der Waals surface area contributed by atoms with E-state index in [4.69, 9.17) is 0 Å². The number of hydrogen-bond acceptors (Lipinski definition) is 0. The summed E-state index contributed by atoms with van der Waals surface area (Å²) in [7, 11) is -2.72. The Morgan fingerprint density at radius 2 is 1.33 bits per heavy atom. The number of hydrogen-bond donors (Lipinski definition) is 0. The third-order valence-electron chi connectivity index (χ3n) is 9.25. The van der Waals surface area contributed by atoms with Gasteiger partial charge in [0.15, 0.2) is 0 Å². The molecular formula is C45H56Si2Zr. The summed E-state index contributed by atoms with van der Waals surface area (Å²) < 4.78 is 1.60. The molecule has 0 atom stereocenters. The molecule has 0 amide bonds. The van der Waals surface area contributed by atoms with E-state index in [0.29, 0.717) is 0 Å². The molecule has 48 heavy (non-hydrogen) atoms. The van der Waals surface area contributed by atoms with Gasteiger partial charge in [-0.05, 0) is 13.8 Å². The van der Waals surface area contributed by atoms with Gasteiger partial charge in [0.2, 0.25) is 0 Å². The number of allylic oxidation sites excluding steroid dienone is 4. The normalized spacial score (nSPS) is 12.6. The molecule has 0 saturated heterocycles. The van der Waals surface area contributed by atoms with Crippen molar-refractivity contribution >= 4 is 51.3 Å². The van der Waals surface area contributed by atoms with Crippen molar-refractivity contribution in [3.05, 3.63) is 137 Å². The van der Waals surface area contributed by atoms with Gasteiger partial charge in [0.05, 0.1) is 16.1 Å². The first kappa shape index (κ1) is 38.2. The number of unbranched alkanes of at least 4 members (excludes halogenated alkanes) is 1. The van der Waals surface area contributed by atoms with Crippen LogP contribution in [0.1, 0.15) is 54.0 Å². The van der Waals surface area contributed by atoms with Gasteiger partial charge in [-0.1, -0.05) is 99.1 Å². The molecule has 0 N–H and O–H groups in total. The molecule has 0 aromatic heterocycles. The van der Waals surface area contributed by atoms with Crippen LogP contribution in [-0.2, 0) is 43.5 Å². The van der Waals surface area contributed by atoms with Gasteiger partial charge in [0.25, 0.3) is 0 Å². The van der Waals surface area contributed by atoms with Crippen molar-refractivity contribution < 1.29 is 24.2 Å². The summed E-state index contributed by atoms with van der Waals surface area (Å²) >= 11 is 1.55. The quantitative estimate of drug-likeness (QED) is 0.104. The third kappa shape index (κ3) is 10.5. The van der Waals surface area contributed by atoms with E-state index in [0.717, 1.165) is 19.3 Å². The van der Waals surface area contributed by atoms with Crippen LogP contribution in [0.3, 0.4) is 0 Å². The van der Waals surface area contributed by atoms with Crippen molar-refractivity contribution in [1.82, 2.24) is 0 Å². The standard InChI is InChI=1S/C25H37Si2.C15H14.C5H5.Zr/c1-10-11-12-20-18(3)25(27(7,8)9)16-23-21-15-24(26(4,5)6)17(2)13-19(21)14-22(20)23;1-3-8-14(9-4-1)12-7-13-15-10-5-2-6-11-15;1-2-4-5-3-1;/h13-16H,10-12H2,1-9H3;1-6,8-11H,12-13H2;1-3H,4H2;/q-1;;-1;+2. The Bertz CT molecular complexity index is 1810. The molecule has 1 aliphatic carbocycles. The monoisotopic (exact) mass is 742 g/mol. The van der Waals surface area contributed by atoms with Gasteiger partial charge in [-0.25, -0.2) is 12.2 Å². The SMILES string of the molecule is CCCCc1c(C)c([Si](C)(C)C)cc2c1[cH-]c1cc(C)c([Si](C)(C)C)cc12.[C-]1=CC=CC1.[Zr+2]=[C](Cc1ccccc1)Cc1ccccc1. The fraction of sp³-hybridized carbons (Fsp3) is 0.333. The molecule has 5 aromatic rings. The Labute approximate surface area is 309 Å². The minimum atomic E-state index is -1.38. The van der Waals surface area contributed by atoms with Crippen LogP contribution in [0.15, 0.2) is 103 Å². The van der Waals surface area contributed by atoms with E-state index in [9.17, 15) is 0 Å². The second kappa shape index (κ2) is 17.4. The summed E-state index contributed by atoms with van der Waals surface area (Å²) in [5.41, 5.74) is 7.52. The zero-order valence-corrected chi connectivity index (χ0v) is 35.5. The van der Waals surface area contributed by atoms with Crippen LogP contribution in [0.2, 0.25) is 39.3 Å². The predicted octanol–water partition coefficient (Wildman–Crippen LogP) is 11.3. The van der Waals surface area contributed by atoms with Crippen LogP contribution >= 0.6 is 0 Å². The van der Waals surface area contributed by atoms with E-state index in [2.05, 4.69) is 157 Å². The maximum atomic E-state index is 2.99. The van der Waals surface area contributed by atoms with Crippen LogP contribution in [0.4, 0.5) is 0 Å². The Balaban J connectivity index is 0.000000207. The second-order valence-electron chi connectivity index (χ2n) is 15.4. The molecule has 3 heteroatoms. The molecule has 5 aromatic carbocycles. The van der Waals surface area contributed by atoms with E-state index in [1.54, 1.807) is 48.9 Å². The van der Waals surface area contributed by atoms with Crippen molar-refractivity contribution in [2.45, 2.75) is 98.6 Å². The minimum absolute atomic E-state index is 1.01. The second-order valence-corrected chi connectivity index (χ2v) is 27.2. The van der Waals surface area contributed by atoms with Crippen molar-refractivity contribution in [3.8, 4) is 0 Å². The molecule has 1 aliphatic rings. The first-order chi connectivity index (χ1) is 22.8. The summed E-state index contributed by atoms with van der Waals surface area (Å²) in [5, 5.41) is 9.24. The first-order valence-electron chi connectivity index (χ1n) is 17.8. The molecule has 0 heterocycles. The van der Waals surface area contributed by atoms with Crippen LogP contribution in [0, 0.1) is 19.9 Å². The molecule has 0 unspecified atom stereocenters. The van der Waals surface area contributed by atoms with Gasteiger partial charge in [0, 0.05) is 0 Å². The molecule has 0 radical (unpaired) electrons. The zero-order valence-electron chi connectivity index (χ0n) is 31.1. The summed E-state index contributed by atoms with van der Waals surface area (Å²) in [6, 6.07) is 31.5. The van der Waals surface area contributed by atoms with E-state index in [-0.39, 0.29) is 0 Å². The first-order valence-corrected chi connectivity index (χ1v) is 26.1. The summed E-state index contributed by atoms with van der Waals surface area (Å²) in [4.78, 5) is 0. The average molecular weight is 744 g/mol. The van der Waals surface area contributed by atoms with Gasteiger partial charge in [0.1, 0.15) is 0 Å². The summed E-state index contributed by atoms with van der Waals surface area (Å²) in [6.07, 6.45) is 16.0. The van der Waals surface area contributed by atoms with E-state index >= 15 is 0 Å². The topological polar surface area (TPSA) is 0 Å². The summed E-state index contributed by atoms with van der Waals surface area (Å²) in [6.45, 7) is 21.9. The van der Waals surface area contributed by atoms with Crippen LogP contribution in [0.5, 0.6) is 0 Å². The van der Waals surface area contributed by atoms with E-state index < -0.39 is 16.1 Å². The third-order valence-corrected chi connectivity index (χ3v) is 14.4. The van der Waals surface area contributed by atoms with Crippen LogP contribution in [-0.4, -0.2) is 19.4 Å². The summed E-state index contributed by atoms with van der Waals surface area (Å²) in [5.74, 6) is 0. The number of rotatable bonds is 9. The van der Waals surface area contributed by atoms with Gasteiger partial charge in [-0.2, -0.15) is 6.08 Å². The molecule has 0 saturated carbocycles. The zero-order chi connectivity index (χ0) is 34.9. The Morgan fingerprint density at radius 1 is 0.771 bits per heavy atom. The maximum absolute atomic E-state index is 2.99. The Morgan fingerprint density at radius 3 is 1.79 bits per heavy atom. The molecule has 0 fully saturated rings. The van der Waals surface area contributed by atoms with Crippen LogP contribution in [0.25, 0.3) is 21.5 Å².